The zero-order valence-electron chi connectivity index (χ0n) is 10.6. The van der Waals surface area contributed by atoms with Crippen molar-refractivity contribution in [3.8, 4) is 5.75 Å². The largest absolute Gasteiger partial charge is 0.573 e. The van der Waals surface area contributed by atoms with Gasteiger partial charge in [0.15, 0.2) is 0 Å². The number of ether oxygens (including phenoxy) is 1. The Morgan fingerprint density at radius 3 is 2.33 bits per heavy atom. The Bertz CT molecular complexity index is 601. The van der Waals surface area contributed by atoms with Gasteiger partial charge in [0.2, 0.25) is 0 Å². The summed E-state index contributed by atoms with van der Waals surface area (Å²) in [7, 11) is 0. The van der Waals surface area contributed by atoms with Crippen molar-refractivity contribution in [3.63, 3.8) is 0 Å². The minimum Gasteiger partial charge on any atom is -0.406 e. The minimum atomic E-state index is -4.76. The summed E-state index contributed by atoms with van der Waals surface area (Å²) in [6, 6.07) is 5.71. The van der Waals surface area contributed by atoms with Crippen LogP contribution in [0.25, 0.3) is 0 Å². The fraction of sp³-hybridized carbons (Fsp3) is 0.154. The molecule has 0 saturated heterocycles. The molecular weight excluding hydrogens is 290 g/mol. The zero-order chi connectivity index (χ0) is 15.5. The van der Waals surface area contributed by atoms with E-state index < -0.39 is 18.2 Å². The van der Waals surface area contributed by atoms with Gasteiger partial charge in [0.1, 0.15) is 11.6 Å². The van der Waals surface area contributed by atoms with Crippen molar-refractivity contribution < 1.29 is 22.3 Å². The number of aromatic nitrogens is 1. The summed E-state index contributed by atoms with van der Waals surface area (Å²) in [4.78, 5) is 3.62. The van der Waals surface area contributed by atoms with Gasteiger partial charge < -0.3 is 4.74 Å². The van der Waals surface area contributed by atoms with E-state index in [2.05, 4.69) is 15.1 Å². The molecule has 1 heterocycles. The molecule has 8 heteroatoms. The molecule has 0 saturated carbocycles. The van der Waals surface area contributed by atoms with Gasteiger partial charge in [-0.3, -0.25) is 10.8 Å². The van der Waals surface area contributed by atoms with E-state index in [4.69, 9.17) is 5.84 Å². The summed E-state index contributed by atoms with van der Waals surface area (Å²) in [6.45, 7) is 0. The molecule has 1 aromatic heterocycles. The molecule has 1 aromatic carbocycles. The molecular formula is C13H11F4N3O. The van der Waals surface area contributed by atoms with E-state index in [1.54, 1.807) is 0 Å². The second-order valence-electron chi connectivity index (χ2n) is 4.11. The average Bonchev–Trinajstić information content (AvgIpc) is 2.42. The van der Waals surface area contributed by atoms with Crippen LogP contribution in [0.5, 0.6) is 5.75 Å². The maximum absolute atomic E-state index is 13.7. The highest BCUT2D eigenvalue weighted by molar-refractivity contribution is 5.35. The van der Waals surface area contributed by atoms with Crippen molar-refractivity contribution in [1.29, 1.82) is 0 Å². The highest BCUT2D eigenvalue weighted by Gasteiger charge is 2.31. The molecule has 1 unspecified atom stereocenters. The standard InChI is InChI=1S/C13H11F4N3O/c14-11-7-19-6-5-10(11)12(20-18)8-1-3-9(4-2-8)21-13(15,16)17/h1-7,12,20H,18H2. The molecule has 21 heavy (non-hydrogen) atoms. The number of pyridine rings is 1. The molecule has 0 aliphatic heterocycles. The second kappa shape index (κ2) is 6.06. The van der Waals surface area contributed by atoms with Crippen molar-refractivity contribution in [1.82, 2.24) is 10.4 Å². The Balaban J connectivity index is 2.26. The topological polar surface area (TPSA) is 60.2 Å². The van der Waals surface area contributed by atoms with Gasteiger partial charge >= 0.3 is 6.36 Å². The summed E-state index contributed by atoms with van der Waals surface area (Å²) >= 11 is 0. The molecule has 0 amide bonds. The number of alkyl halides is 3. The number of benzene rings is 1. The van der Waals surface area contributed by atoms with Crippen LogP contribution in [-0.2, 0) is 0 Å². The van der Waals surface area contributed by atoms with Gasteiger partial charge in [-0.1, -0.05) is 12.1 Å². The van der Waals surface area contributed by atoms with Crippen molar-refractivity contribution in [2.75, 3.05) is 0 Å². The lowest BCUT2D eigenvalue weighted by atomic mass is 10.00. The van der Waals surface area contributed by atoms with E-state index >= 15 is 0 Å². The normalized spacial score (nSPS) is 13.0. The van der Waals surface area contributed by atoms with Crippen LogP contribution < -0.4 is 16.0 Å². The van der Waals surface area contributed by atoms with Crippen LogP contribution in [0.2, 0.25) is 0 Å². The lowest BCUT2D eigenvalue weighted by molar-refractivity contribution is -0.274. The molecule has 0 aliphatic rings. The lowest BCUT2D eigenvalue weighted by Gasteiger charge is -2.18. The van der Waals surface area contributed by atoms with Gasteiger partial charge in [0.05, 0.1) is 12.2 Å². The third kappa shape index (κ3) is 3.89. The van der Waals surface area contributed by atoms with Crippen LogP contribution >= 0.6 is 0 Å². The van der Waals surface area contributed by atoms with Crippen LogP contribution in [0, 0.1) is 5.82 Å². The van der Waals surface area contributed by atoms with Crippen molar-refractivity contribution in [3.05, 3.63) is 59.7 Å². The van der Waals surface area contributed by atoms with Crippen LogP contribution in [0.15, 0.2) is 42.7 Å². The number of hydrazine groups is 1. The summed E-state index contributed by atoms with van der Waals surface area (Å²) in [5.74, 6) is 4.46. The third-order valence-corrected chi connectivity index (χ3v) is 2.73. The molecule has 0 fully saturated rings. The lowest BCUT2D eigenvalue weighted by Crippen LogP contribution is -2.29. The van der Waals surface area contributed by atoms with Crippen molar-refractivity contribution in [2.45, 2.75) is 12.4 Å². The highest BCUT2D eigenvalue weighted by atomic mass is 19.4. The number of hydrogen-bond acceptors (Lipinski definition) is 4. The molecule has 0 spiro atoms. The fourth-order valence-corrected chi connectivity index (χ4v) is 1.85. The van der Waals surface area contributed by atoms with Crippen LogP contribution in [0.1, 0.15) is 17.2 Å². The summed E-state index contributed by atoms with van der Waals surface area (Å²) < 4.78 is 53.7. The molecule has 0 aliphatic carbocycles. The van der Waals surface area contributed by atoms with Gasteiger partial charge in [-0.05, 0) is 23.8 Å². The second-order valence-corrected chi connectivity index (χ2v) is 4.11. The van der Waals surface area contributed by atoms with Crippen molar-refractivity contribution in [2.24, 2.45) is 5.84 Å². The maximum Gasteiger partial charge on any atom is 0.573 e. The Morgan fingerprint density at radius 1 is 1.14 bits per heavy atom. The van der Waals surface area contributed by atoms with Crippen molar-refractivity contribution >= 4 is 0 Å². The monoisotopic (exact) mass is 301 g/mol. The number of rotatable bonds is 4. The van der Waals surface area contributed by atoms with Crippen LogP contribution in [0.3, 0.4) is 0 Å². The maximum atomic E-state index is 13.7. The van der Waals surface area contributed by atoms with E-state index in [0.717, 1.165) is 18.3 Å². The molecule has 1 atom stereocenters. The number of halogens is 4. The summed E-state index contributed by atoms with van der Waals surface area (Å²) in [5.41, 5.74) is 3.13. The van der Waals surface area contributed by atoms with E-state index in [-0.39, 0.29) is 11.3 Å². The smallest absolute Gasteiger partial charge is 0.406 e. The van der Waals surface area contributed by atoms with Gasteiger partial charge in [-0.2, -0.15) is 0 Å². The first-order chi connectivity index (χ1) is 9.90. The van der Waals surface area contributed by atoms with Crippen LogP contribution in [-0.4, -0.2) is 11.3 Å². The van der Waals surface area contributed by atoms with E-state index in [1.807, 2.05) is 0 Å². The number of nitrogens with one attached hydrogen (secondary N) is 1. The fourth-order valence-electron chi connectivity index (χ4n) is 1.85. The van der Waals surface area contributed by atoms with E-state index in [9.17, 15) is 17.6 Å². The van der Waals surface area contributed by atoms with Gasteiger partial charge in [-0.25, -0.2) is 9.82 Å². The Morgan fingerprint density at radius 2 is 1.81 bits per heavy atom. The Labute approximate surface area is 117 Å². The molecule has 0 radical (unpaired) electrons. The van der Waals surface area contributed by atoms with Crippen LogP contribution in [0.4, 0.5) is 17.6 Å². The number of nitrogens with zero attached hydrogens (tertiary/aromatic N) is 1. The average molecular weight is 301 g/mol. The molecule has 2 aromatic rings. The first kappa shape index (κ1) is 15.2. The van der Waals surface area contributed by atoms with E-state index in [1.165, 1.54) is 24.4 Å². The van der Waals surface area contributed by atoms with Gasteiger partial charge in [0, 0.05) is 11.8 Å². The molecule has 112 valence electrons. The van der Waals surface area contributed by atoms with Gasteiger partial charge in [-0.15, -0.1) is 13.2 Å². The molecule has 4 nitrogen and oxygen atoms in total. The third-order valence-electron chi connectivity index (χ3n) is 2.73. The molecule has 0 bridgehead atoms. The first-order valence-corrected chi connectivity index (χ1v) is 5.82. The number of nitrogens with two attached hydrogens (primary N) is 1. The predicted octanol–water partition coefficient (Wildman–Crippen LogP) is 2.67. The highest BCUT2D eigenvalue weighted by Crippen LogP contribution is 2.27. The Hall–Kier alpha value is -2.19. The Kier molecular flexibility index (Phi) is 4.39. The minimum absolute atomic E-state index is 0.233. The van der Waals surface area contributed by atoms with Gasteiger partial charge in [0.25, 0.3) is 0 Å². The summed E-state index contributed by atoms with van der Waals surface area (Å²) in [5, 5.41) is 0. The predicted molar refractivity (Wildman–Crippen MR) is 66.5 cm³/mol. The zero-order valence-corrected chi connectivity index (χ0v) is 10.6. The number of hydrogen-bond donors (Lipinski definition) is 2. The molecule has 3 N–H and O–H groups in total. The SMILES string of the molecule is NNC(c1ccc(OC(F)(F)F)cc1)c1ccncc1F. The first-order valence-electron chi connectivity index (χ1n) is 5.82. The summed E-state index contributed by atoms with van der Waals surface area (Å²) in [6.07, 6.45) is -2.34. The quantitative estimate of drug-likeness (QED) is 0.518. The van der Waals surface area contributed by atoms with E-state index in [0.29, 0.717) is 5.56 Å². The molecule has 2 rings (SSSR count).